The van der Waals surface area contributed by atoms with E-state index in [9.17, 15) is 4.79 Å². The molecule has 2 aliphatic rings. The summed E-state index contributed by atoms with van der Waals surface area (Å²) in [6, 6.07) is 8.19. The van der Waals surface area contributed by atoms with Gasteiger partial charge in [0, 0.05) is 23.3 Å². The number of carbonyl (C=O) groups is 1. The fraction of sp³-hybridized carbons (Fsp3) is 0.182. The summed E-state index contributed by atoms with van der Waals surface area (Å²) >= 11 is 0. The maximum Gasteiger partial charge on any atom is 0.225 e. The van der Waals surface area contributed by atoms with E-state index < -0.39 is 0 Å². The molecular weight excluding hydrogens is 162 g/mol. The molecule has 1 aliphatic heterocycles. The fourth-order valence-electron chi connectivity index (χ4n) is 2.11. The maximum absolute atomic E-state index is 11.1. The molecule has 0 saturated carbocycles. The molecule has 1 atom stereocenters. The molecule has 3 rings (SSSR count). The molecular formula is C11H9NO. The monoisotopic (exact) mass is 171 g/mol. The zero-order valence-electron chi connectivity index (χ0n) is 7.08. The van der Waals surface area contributed by atoms with Crippen LogP contribution < -0.4 is 15.8 Å². The predicted molar refractivity (Wildman–Crippen MR) is 49.8 cm³/mol. The number of nitrogens with one attached hydrogen (secondary N) is 1. The summed E-state index contributed by atoms with van der Waals surface area (Å²) in [6.45, 7) is 0. The molecule has 13 heavy (non-hydrogen) atoms. The van der Waals surface area contributed by atoms with Crippen molar-refractivity contribution in [3.63, 3.8) is 0 Å². The Hall–Kier alpha value is -1.57. The number of amides is 1. The van der Waals surface area contributed by atoms with Gasteiger partial charge in [-0.05, 0) is 5.22 Å². The number of hydrogen-bond donors (Lipinski definition) is 1. The van der Waals surface area contributed by atoms with E-state index in [-0.39, 0.29) is 5.91 Å². The summed E-state index contributed by atoms with van der Waals surface area (Å²) in [7, 11) is 0. The largest absolute Gasteiger partial charge is 0.329 e. The van der Waals surface area contributed by atoms with Gasteiger partial charge in [-0.25, -0.2) is 0 Å². The van der Waals surface area contributed by atoms with Gasteiger partial charge in [0.15, 0.2) is 0 Å². The Labute approximate surface area is 75.6 Å². The first kappa shape index (κ1) is 6.89. The van der Waals surface area contributed by atoms with Crippen LogP contribution >= 0.6 is 0 Å². The zero-order chi connectivity index (χ0) is 8.84. The van der Waals surface area contributed by atoms with Gasteiger partial charge in [-0.3, -0.25) is 4.79 Å². The van der Waals surface area contributed by atoms with Crippen molar-refractivity contribution in [3.05, 3.63) is 34.7 Å². The molecule has 2 heteroatoms. The van der Waals surface area contributed by atoms with Crippen LogP contribution in [0.3, 0.4) is 0 Å². The van der Waals surface area contributed by atoms with Crippen molar-refractivity contribution in [2.75, 3.05) is 0 Å². The van der Waals surface area contributed by atoms with Crippen molar-refractivity contribution in [1.29, 1.82) is 0 Å². The minimum atomic E-state index is 0.144. The SMILES string of the molecule is O=C1CC2C=c3ccccc3=C2N1. The van der Waals surface area contributed by atoms with Crippen molar-refractivity contribution in [2.45, 2.75) is 6.42 Å². The lowest BCUT2D eigenvalue weighted by Gasteiger charge is -1.96. The van der Waals surface area contributed by atoms with Crippen LogP contribution in [0.4, 0.5) is 0 Å². The van der Waals surface area contributed by atoms with Gasteiger partial charge in [-0.1, -0.05) is 30.3 Å². The predicted octanol–water partition coefficient (Wildman–Crippen LogP) is -0.275. The molecule has 0 spiro atoms. The molecule has 2 nitrogen and oxygen atoms in total. The Kier molecular flexibility index (Phi) is 1.18. The molecule has 0 bridgehead atoms. The van der Waals surface area contributed by atoms with Gasteiger partial charge in [0.1, 0.15) is 0 Å². The first-order chi connectivity index (χ1) is 6.34. The van der Waals surface area contributed by atoms with Crippen molar-refractivity contribution in [2.24, 2.45) is 5.92 Å². The molecule has 1 aromatic rings. The molecule has 1 unspecified atom stereocenters. The lowest BCUT2D eigenvalue weighted by molar-refractivity contribution is -0.118. The van der Waals surface area contributed by atoms with Gasteiger partial charge in [0.2, 0.25) is 5.91 Å². The standard InChI is InChI=1S/C11H9NO/c13-10-6-8-5-7-3-1-2-4-9(7)11(8)12-10/h1-5,8H,6H2,(H,12,13). The van der Waals surface area contributed by atoms with Gasteiger partial charge >= 0.3 is 0 Å². The smallest absolute Gasteiger partial charge is 0.225 e. The second kappa shape index (κ2) is 2.22. The Morgan fingerprint density at radius 3 is 3.08 bits per heavy atom. The quantitative estimate of drug-likeness (QED) is 0.571. The first-order valence-electron chi connectivity index (χ1n) is 4.45. The number of hydrogen-bond acceptors (Lipinski definition) is 1. The third-order valence-electron chi connectivity index (χ3n) is 2.68. The minimum absolute atomic E-state index is 0.144. The van der Waals surface area contributed by atoms with E-state index >= 15 is 0 Å². The highest BCUT2D eigenvalue weighted by Gasteiger charge is 2.28. The van der Waals surface area contributed by atoms with Crippen LogP contribution in [0.15, 0.2) is 24.3 Å². The van der Waals surface area contributed by atoms with Crippen LogP contribution in [0.2, 0.25) is 0 Å². The van der Waals surface area contributed by atoms with Crippen LogP contribution in [0.1, 0.15) is 6.42 Å². The number of rotatable bonds is 0. The second-order valence-electron chi connectivity index (χ2n) is 3.53. The van der Waals surface area contributed by atoms with Crippen LogP contribution in [-0.2, 0) is 4.79 Å². The average Bonchev–Trinajstić information content (AvgIpc) is 2.60. The molecule has 1 N–H and O–H groups in total. The van der Waals surface area contributed by atoms with Crippen LogP contribution in [0.5, 0.6) is 0 Å². The molecule has 0 aromatic heterocycles. The zero-order valence-corrected chi connectivity index (χ0v) is 7.08. The van der Waals surface area contributed by atoms with Gasteiger partial charge in [0.05, 0.1) is 0 Å². The van der Waals surface area contributed by atoms with E-state index in [0.29, 0.717) is 12.3 Å². The van der Waals surface area contributed by atoms with Crippen molar-refractivity contribution < 1.29 is 4.79 Å². The molecule has 1 heterocycles. The Balaban J connectivity index is 2.36. The van der Waals surface area contributed by atoms with Gasteiger partial charge < -0.3 is 5.32 Å². The molecule has 1 fully saturated rings. The van der Waals surface area contributed by atoms with E-state index in [1.54, 1.807) is 0 Å². The van der Waals surface area contributed by atoms with Gasteiger partial charge in [-0.2, -0.15) is 0 Å². The maximum atomic E-state index is 11.1. The molecule has 1 aromatic carbocycles. The lowest BCUT2D eigenvalue weighted by atomic mass is 10.1. The van der Waals surface area contributed by atoms with Gasteiger partial charge in [0.25, 0.3) is 0 Å². The third-order valence-corrected chi connectivity index (χ3v) is 2.68. The van der Waals surface area contributed by atoms with Crippen molar-refractivity contribution in [1.82, 2.24) is 5.32 Å². The highest BCUT2D eigenvalue weighted by Crippen LogP contribution is 2.22. The van der Waals surface area contributed by atoms with Crippen molar-refractivity contribution in [3.8, 4) is 0 Å². The van der Waals surface area contributed by atoms with E-state index in [0.717, 1.165) is 5.70 Å². The van der Waals surface area contributed by atoms with E-state index in [1.807, 2.05) is 12.1 Å². The summed E-state index contributed by atoms with van der Waals surface area (Å²) in [6.07, 6.45) is 2.78. The Bertz CT molecular complexity index is 501. The summed E-state index contributed by atoms with van der Waals surface area (Å²) in [4.78, 5) is 11.1. The number of benzene rings is 1. The lowest BCUT2D eigenvalue weighted by Crippen LogP contribution is -2.27. The van der Waals surface area contributed by atoms with Crippen LogP contribution in [-0.4, -0.2) is 5.91 Å². The number of fused-ring (bicyclic) bond motifs is 2. The normalized spacial score (nSPS) is 23.5. The molecule has 0 radical (unpaired) electrons. The van der Waals surface area contributed by atoms with Crippen LogP contribution in [0.25, 0.3) is 11.8 Å². The summed E-state index contributed by atoms with van der Waals surface area (Å²) in [5.41, 5.74) is 1.10. The summed E-state index contributed by atoms with van der Waals surface area (Å²) < 4.78 is 0. The topological polar surface area (TPSA) is 29.1 Å². The molecule has 1 aliphatic carbocycles. The molecule has 1 amide bonds. The van der Waals surface area contributed by atoms with E-state index in [4.69, 9.17) is 0 Å². The minimum Gasteiger partial charge on any atom is -0.329 e. The molecule has 1 saturated heterocycles. The van der Waals surface area contributed by atoms with Crippen LogP contribution in [0, 0.1) is 5.92 Å². The highest BCUT2D eigenvalue weighted by atomic mass is 16.1. The summed E-state index contributed by atoms with van der Waals surface area (Å²) in [5.74, 6) is 0.454. The molecule has 64 valence electrons. The van der Waals surface area contributed by atoms with Gasteiger partial charge in [-0.15, -0.1) is 0 Å². The number of carbonyl (C=O) groups excluding carboxylic acids is 1. The fourth-order valence-corrected chi connectivity index (χ4v) is 2.11. The van der Waals surface area contributed by atoms with E-state index in [2.05, 4.69) is 23.5 Å². The first-order valence-corrected chi connectivity index (χ1v) is 4.45. The second-order valence-corrected chi connectivity index (χ2v) is 3.53. The third kappa shape index (κ3) is 0.856. The van der Waals surface area contributed by atoms with Crippen molar-refractivity contribution >= 4 is 17.7 Å². The van der Waals surface area contributed by atoms with E-state index in [1.165, 1.54) is 10.4 Å². The Morgan fingerprint density at radius 2 is 2.15 bits per heavy atom. The summed E-state index contributed by atoms with van der Waals surface area (Å²) in [5, 5.41) is 5.36. The Morgan fingerprint density at radius 1 is 1.31 bits per heavy atom. The average molecular weight is 171 g/mol. The highest BCUT2D eigenvalue weighted by molar-refractivity contribution is 5.92.